The van der Waals surface area contributed by atoms with Crippen molar-refractivity contribution >= 4 is 23.0 Å². The van der Waals surface area contributed by atoms with Crippen LogP contribution < -0.4 is 5.73 Å². The van der Waals surface area contributed by atoms with Crippen molar-refractivity contribution in [1.82, 2.24) is 19.4 Å². The zero-order chi connectivity index (χ0) is 20.4. The van der Waals surface area contributed by atoms with Crippen LogP contribution in [0, 0.1) is 11.3 Å². The largest absolute Gasteiger partial charge is 0.396 e. The minimum atomic E-state index is -0.496. The Labute approximate surface area is 170 Å². The summed E-state index contributed by atoms with van der Waals surface area (Å²) in [5, 5.41) is 36.7. The van der Waals surface area contributed by atoms with Crippen LogP contribution in [0.5, 0.6) is 0 Å². The second kappa shape index (κ2) is 7.97. The molecule has 0 amide bonds. The maximum atomic E-state index is 9.40. The number of fused-ring (bicyclic) bond motifs is 1. The van der Waals surface area contributed by atoms with Crippen molar-refractivity contribution < 1.29 is 10.2 Å². The number of benzene rings is 1. The fourth-order valence-corrected chi connectivity index (χ4v) is 4.12. The zero-order valence-electron chi connectivity index (χ0n) is 15.3. The molecule has 3 heterocycles. The summed E-state index contributed by atoms with van der Waals surface area (Å²) in [5.41, 5.74) is 9.69. The molecule has 0 aliphatic carbocycles. The Morgan fingerprint density at radius 2 is 1.86 bits per heavy atom. The molecular formula is C20H18N6O2S. The average Bonchev–Trinajstić information content (AvgIpc) is 3.37. The monoisotopic (exact) mass is 406 g/mol. The molecule has 9 heteroatoms. The second-order valence-corrected chi connectivity index (χ2v) is 7.51. The van der Waals surface area contributed by atoms with Gasteiger partial charge in [-0.25, -0.2) is 4.52 Å². The van der Waals surface area contributed by atoms with Crippen molar-refractivity contribution in [3.8, 4) is 17.2 Å². The van der Waals surface area contributed by atoms with Crippen LogP contribution in [0.15, 0.2) is 64.9 Å². The first-order valence-corrected chi connectivity index (χ1v) is 9.66. The van der Waals surface area contributed by atoms with Crippen LogP contribution in [0.4, 0.5) is 5.69 Å². The molecule has 0 aliphatic rings. The first-order valence-electron chi connectivity index (χ1n) is 8.84. The summed E-state index contributed by atoms with van der Waals surface area (Å²) in [6.45, 7) is -0.420. The highest BCUT2D eigenvalue weighted by molar-refractivity contribution is 7.99. The summed E-state index contributed by atoms with van der Waals surface area (Å²) >= 11 is 1.45. The first kappa shape index (κ1) is 19.0. The van der Waals surface area contributed by atoms with E-state index >= 15 is 0 Å². The first-order chi connectivity index (χ1) is 14.1. The Hall–Kier alpha value is -3.32. The topological polar surface area (TPSA) is 125 Å². The third-order valence-electron chi connectivity index (χ3n) is 4.56. The van der Waals surface area contributed by atoms with Crippen LogP contribution >= 0.6 is 11.8 Å². The van der Waals surface area contributed by atoms with E-state index in [4.69, 9.17) is 5.73 Å². The Morgan fingerprint density at radius 3 is 2.62 bits per heavy atom. The molecule has 3 aromatic heterocycles. The quantitative estimate of drug-likeness (QED) is 0.449. The third kappa shape index (κ3) is 3.56. The number of hydrogen-bond donors (Lipinski definition) is 3. The summed E-state index contributed by atoms with van der Waals surface area (Å²) in [6.07, 6.45) is 6.88. The van der Waals surface area contributed by atoms with Gasteiger partial charge in [0.2, 0.25) is 0 Å². The number of nitrogen functional groups attached to an aromatic ring is 1. The SMILES string of the molecule is N#Cc1ccccc1Sc1cc(-c2cnn(C(CO)CO)c2)cn2ncc(N)c12. The molecule has 4 N–H and O–H groups in total. The van der Waals surface area contributed by atoms with Gasteiger partial charge in [0.1, 0.15) is 11.6 Å². The molecule has 0 bridgehead atoms. The van der Waals surface area contributed by atoms with Gasteiger partial charge in [0.05, 0.1) is 42.9 Å². The Morgan fingerprint density at radius 1 is 1.07 bits per heavy atom. The molecule has 8 nitrogen and oxygen atoms in total. The van der Waals surface area contributed by atoms with Gasteiger partial charge in [-0.1, -0.05) is 23.9 Å². The summed E-state index contributed by atoms with van der Waals surface area (Å²) < 4.78 is 3.24. The zero-order valence-corrected chi connectivity index (χ0v) is 16.1. The predicted octanol–water partition coefficient (Wildman–Crippen LogP) is 2.33. The van der Waals surface area contributed by atoms with Gasteiger partial charge in [-0.2, -0.15) is 15.5 Å². The molecule has 0 spiro atoms. The summed E-state index contributed by atoms with van der Waals surface area (Å²) in [7, 11) is 0. The molecule has 29 heavy (non-hydrogen) atoms. The lowest BCUT2D eigenvalue weighted by Gasteiger charge is -2.11. The molecule has 4 rings (SSSR count). The number of pyridine rings is 1. The third-order valence-corrected chi connectivity index (χ3v) is 5.67. The van der Waals surface area contributed by atoms with Gasteiger partial charge in [-0.15, -0.1) is 0 Å². The van der Waals surface area contributed by atoms with E-state index in [-0.39, 0.29) is 13.2 Å². The minimum Gasteiger partial charge on any atom is -0.396 e. The molecule has 0 saturated carbocycles. The highest BCUT2D eigenvalue weighted by Crippen LogP contribution is 2.37. The molecule has 0 radical (unpaired) electrons. The summed E-state index contributed by atoms with van der Waals surface area (Å²) in [4.78, 5) is 1.68. The van der Waals surface area contributed by atoms with E-state index in [0.717, 1.165) is 26.4 Å². The van der Waals surface area contributed by atoms with Crippen LogP contribution in [0.25, 0.3) is 16.6 Å². The van der Waals surface area contributed by atoms with E-state index in [1.165, 1.54) is 16.4 Å². The van der Waals surface area contributed by atoms with Crippen LogP contribution in [0.2, 0.25) is 0 Å². The lowest BCUT2D eigenvalue weighted by molar-refractivity contribution is 0.146. The highest BCUT2D eigenvalue weighted by atomic mass is 32.2. The maximum Gasteiger partial charge on any atom is 0.103 e. The van der Waals surface area contributed by atoms with Gasteiger partial charge in [0.25, 0.3) is 0 Å². The standard InChI is InChI=1S/C20H18N6O2S/c21-6-13-3-1-2-4-18(13)29-19-5-14(9-26-20(19)17(22)8-24-26)15-7-23-25(10-15)16(11-27)12-28/h1-5,7-10,16,27-28H,11-12,22H2. The number of nitrogens with zero attached hydrogens (tertiary/aromatic N) is 5. The van der Waals surface area contributed by atoms with Gasteiger partial charge < -0.3 is 15.9 Å². The molecular weight excluding hydrogens is 388 g/mol. The van der Waals surface area contributed by atoms with Crippen molar-refractivity contribution in [2.75, 3.05) is 18.9 Å². The summed E-state index contributed by atoms with van der Waals surface area (Å²) in [6, 6.07) is 11.1. The van der Waals surface area contributed by atoms with Crippen molar-refractivity contribution in [3.63, 3.8) is 0 Å². The van der Waals surface area contributed by atoms with Gasteiger partial charge >= 0.3 is 0 Å². The molecule has 0 fully saturated rings. The number of hydrogen-bond acceptors (Lipinski definition) is 7. The second-order valence-electron chi connectivity index (χ2n) is 6.42. The number of anilines is 1. The predicted molar refractivity (Wildman–Crippen MR) is 109 cm³/mol. The van der Waals surface area contributed by atoms with E-state index in [1.54, 1.807) is 29.2 Å². The van der Waals surface area contributed by atoms with Gasteiger partial charge in [0, 0.05) is 33.3 Å². The fraction of sp³-hybridized carbons (Fsp3) is 0.150. The van der Waals surface area contributed by atoms with E-state index < -0.39 is 6.04 Å². The van der Waals surface area contributed by atoms with Crippen LogP contribution in [0.3, 0.4) is 0 Å². The molecule has 0 aliphatic heterocycles. The molecule has 146 valence electrons. The van der Waals surface area contributed by atoms with Crippen LogP contribution in [-0.2, 0) is 0 Å². The highest BCUT2D eigenvalue weighted by Gasteiger charge is 2.16. The molecule has 0 unspecified atom stereocenters. The van der Waals surface area contributed by atoms with Crippen molar-refractivity contribution in [1.29, 1.82) is 5.26 Å². The Bertz CT molecular complexity index is 1210. The molecule has 4 aromatic rings. The maximum absolute atomic E-state index is 9.40. The molecule has 1 aromatic carbocycles. The molecule has 0 atom stereocenters. The molecule has 0 saturated heterocycles. The normalized spacial score (nSPS) is 11.2. The summed E-state index contributed by atoms with van der Waals surface area (Å²) in [5.74, 6) is 0. The van der Waals surface area contributed by atoms with Crippen LogP contribution in [0.1, 0.15) is 11.6 Å². The number of nitrogens with two attached hydrogens (primary N) is 1. The van der Waals surface area contributed by atoms with Crippen molar-refractivity contribution in [2.45, 2.75) is 15.8 Å². The van der Waals surface area contributed by atoms with Gasteiger partial charge in [0.15, 0.2) is 0 Å². The van der Waals surface area contributed by atoms with Crippen molar-refractivity contribution in [3.05, 3.63) is 60.7 Å². The van der Waals surface area contributed by atoms with E-state index in [0.29, 0.717) is 11.3 Å². The van der Waals surface area contributed by atoms with E-state index in [9.17, 15) is 15.5 Å². The number of aliphatic hydroxyl groups is 2. The van der Waals surface area contributed by atoms with Gasteiger partial charge in [-0.3, -0.25) is 4.68 Å². The minimum absolute atomic E-state index is 0.210. The van der Waals surface area contributed by atoms with Gasteiger partial charge in [-0.05, 0) is 18.2 Å². The average molecular weight is 406 g/mol. The lowest BCUT2D eigenvalue weighted by atomic mass is 10.1. The Balaban J connectivity index is 1.81. The number of aliphatic hydroxyl groups excluding tert-OH is 2. The fourth-order valence-electron chi connectivity index (χ4n) is 3.02. The van der Waals surface area contributed by atoms with E-state index in [2.05, 4.69) is 16.3 Å². The smallest absolute Gasteiger partial charge is 0.103 e. The number of rotatable bonds is 6. The lowest BCUT2D eigenvalue weighted by Crippen LogP contribution is -2.17. The van der Waals surface area contributed by atoms with E-state index in [1.807, 2.05) is 30.5 Å². The number of aromatic nitrogens is 4. The van der Waals surface area contributed by atoms with Crippen molar-refractivity contribution in [2.24, 2.45) is 0 Å². The number of nitriles is 1. The van der Waals surface area contributed by atoms with Crippen LogP contribution in [-0.4, -0.2) is 42.8 Å². The Kier molecular flexibility index (Phi) is 5.22.